The summed E-state index contributed by atoms with van der Waals surface area (Å²) in [4.78, 5) is 0. The van der Waals surface area contributed by atoms with Crippen LogP contribution in [0.4, 0.5) is 0 Å². The van der Waals surface area contributed by atoms with Crippen LogP contribution in [0.15, 0.2) is 91.0 Å². The van der Waals surface area contributed by atoms with Gasteiger partial charge >= 0.3 is 63.5 Å². The third-order valence-corrected chi connectivity index (χ3v) is 6.15. The fraction of sp³-hybridized carbons (Fsp3) is 0.212. The number of halogens is 2. The van der Waals surface area contributed by atoms with Crippen molar-refractivity contribution in [1.29, 1.82) is 0 Å². The molecule has 0 saturated heterocycles. The maximum Gasteiger partial charge on any atom is -0.172 e. The third kappa shape index (κ3) is 12.5. The molecule has 0 fully saturated rings. The quantitative estimate of drug-likeness (QED) is 0.128. The summed E-state index contributed by atoms with van der Waals surface area (Å²) in [6, 6.07) is 32.0. The Bertz CT molecular complexity index is 1190. The molecule has 0 spiro atoms. The summed E-state index contributed by atoms with van der Waals surface area (Å²) in [6.07, 6.45) is 0. The smallest absolute Gasteiger partial charge is 0.172 e. The van der Waals surface area contributed by atoms with Gasteiger partial charge in [0.05, 0.1) is 0 Å². The largest absolute Gasteiger partial charge is 0.214 e. The van der Waals surface area contributed by atoms with Crippen LogP contribution < -0.4 is 0 Å². The van der Waals surface area contributed by atoms with Crippen LogP contribution in [0.1, 0.15) is 47.6 Å². The Hall–Kier alpha value is -0.921. The van der Waals surface area contributed by atoms with Gasteiger partial charge < -0.3 is 14.9 Å². The molecule has 5 aromatic rings. The molecule has 0 aliphatic rings. The van der Waals surface area contributed by atoms with E-state index in [9.17, 15) is 0 Å². The average molecular weight is 683 g/mol. The second-order valence-corrected chi connectivity index (χ2v) is 10.5. The predicted octanol–water partition coefficient (Wildman–Crippen LogP) is 11.0. The van der Waals surface area contributed by atoms with E-state index >= 15 is 0 Å². The molecule has 5 aromatic carbocycles. The van der Waals surface area contributed by atoms with E-state index < -0.39 is 0 Å². The number of rotatable bonds is 2. The predicted molar refractivity (Wildman–Crippen MR) is 168 cm³/mol. The Morgan fingerprint density at radius 2 is 1.32 bits per heavy atom. The number of benzene rings is 1. The average Bonchev–Trinajstić information content (AvgIpc) is 3.69. The summed E-state index contributed by atoms with van der Waals surface area (Å²) in [5.74, 6) is 0.593. The van der Waals surface area contributed by atoms with Crippen molar-refractivity contribution in [2.75, 3.05) is 0 Å². The van der Waals surface area contributed by atoms with E-state index in [4.69, 9.17) is 20.2 Å². The zero-order valence-electron chi connectivity index (χ0n) is 23.8. The maximum atomic E-state index is 4.76. The standard InChI is InChI=1S/C17H16.C9H13.C5H5.2CH3.2ClH.Fe.Si.Zr/c1-12(2)15-10-14-8-5-9-16(17(14)11-15)13-6-3-4-7-13;1-6-5-7(2)9(4)8(6)3;1-2-4-5-3-1;;;;;;;/h3-12H,1-2H3;5H,1-4H3;1-5H;2*1H3;2*1H;;;/q-2;4*-1;;;+2;;+2/p-2. The zero-order valence-corrected chi connectivity index (χ0v) is 29.9. The molecule has 5 rings (SSSR count). The van der Waals surface area contributed by atoms with E-state index in [0.29, 0.717) is 5.92 Å². The van der Waals surface area contributed by atoms with Crippen LogP contribution in [0, 0.1) is 42.5 Å². The summed E-state index contributed by atoms with van der Waals surface area (Å²) in [7, 11) is 9.53. The van der Waals surface area contributed by atoms with Crippen molar-refractivity contribution in [2.45, 2.75) is 47.5 Å². The van der Waals surface area contributed by atoms with Gasteiger partial charge in [-0.3, -0.25) is 0 Å². The van der Waals surface area contributed by atoms with Gasteiger partial charge in [0.1, 0.15) is 0 Å². The van der Waals surface area contributed by atoms with Gasteiger partial charge in [-0.2, -0.15) is 70.1 Å². The molecule has 0 bridgehead atoms. The SMILES string of the molecule is CC(C)c1cc2c(-[c-]3cccc3)cccc2[cH-]1.Cc1[cH-]c(C)c(C)c1C.[CH3-].[CH3-].[Cl][Fe][Cl].[Si]=[Zr+2].c1cc[cH-]c1. The molecule has 0 unspecified atom stereocenters. The minimum atomic E-state index is 0. The Morgan fingerprint density at radius 1 is 0.816 bits per heavy atom. The molecule has 5 heteroatoms. The fourth-order valence-electron chi connectivity index (χ4n) is 3.85. The van der Waals surface area contributed by atoms with Crippen LogP contribution in [0.25, 0.3) is 21.9 Å². The summed E-state index contributed by atoms with van der Waals surface area (Å²) >= 11 is 1.55. The van der Waals surface area contributed by atoms with E-state index in [1.807, 2.05) is 30.3 Å². The Balaban J connectivity index is 0. The van der Waals surface area contributed by atoms with E-state index in [0.717, 1.165) is 0 Å². The third-order valence-electron chi connectivity index (χ3n) is 6.15. The monoisotopic (exact) mass is 680 g/mol. The number of hydrogen-bond donors (Lipinski definition) is 0. The van der Waals surface area contributed by atoms with E-state index in [1.54, 1.807) is 0 Å². The second kappa shape index (κ2) is 21.8. The van der Waals surface area contributed by atoms with Crippen LogP contribution in [0.5, 0.6) is 0 Å². The molecular weight excluding hydrogens is 642 g/mol. The van der Waals surface area contributed by atoms with Crippen molar-refractivity contribution in [3.05, 3.63) is 134 Å². The molecule has 2 radical (unpaired) electrons. The van der Waals surface area contributed by atoms with Crippen molar-refractivity contribution in [3.63, 3.8) is 0 Å². The zero-order chi connectivity index (χ0) is 27.1. The molecule has 0 saturated carbocycles. The van der Waals surface area contributed by atoms with Crippen molar-refractivity contribution < 1.29 is 36.5 Å². The van der Waals surface area contributed by atoms with Crippen LogP contribution in [0.2, 0.25) is 0 Å². The molecule has 0 N–H and O–H groups in total. The van der Waals surface area contributed by atoms with Crippen LogP contribution in [-0.4, -0.2) is 6.88 Å². The minimum absolute atomic E-state index is 0. The van der Waals surface area contributed by atoms with Crippen LogP contribution >= 0.6 is 20.2 Å². The van der Waals surface area contributed by atoms with Gasteiger partial charge in [0, 0.05) is 0 Å². The second-order valence-electron chi connectivity index (χ2n) is 8.70. The first-order chi connectivity index (χ1) is 17.3. The Kier molecular flexibility index (Phi) is 22.6. The number of hydrogen-bond acceptors (Lipinski definition) is 0. The normalized spacial score (nSPS) is 9.34. The maximum absolute atomic E-state index is 4.76. The first-order valence-corrected chi connectivity index (χ1v) is 18.9. The van der Waals surface area contributed by atoms with E-state index in [1.165, 1.54) is 73.1 Å². The summed E-state index contributed by atoms with van der Waals surface area (Å²) < 4.78 is 0. The number of aryl methyl sites for hydroxylation is 2. The molecule has 0 amide bonds. The molecular formula is C33H40Cl2FeSiZr-4. The molecule has 38 heavy (non-hydrogen) atoms. The van der Waals surface area contributed by atoms with Crippen LogP contribution in [0.3, 0.4) is 0 Å². The molecule has 0 aliphatic heterocycles. The summed E-state index contributed by atoms with van der Waals surface area (Å²) in [5, 5.41) is 2.73. The summed E-state index contributed by atoms with van der Waals surface area (Å²) in [6.45, 7) is 16.2. The van der Waals surface area contributed by atoms with Gasteiger partial charge in [0.15, 0.2) is 0 Å². The van der Waals surface area contributed by atoms with Crippen LogP contribution in [-0.2, 0) is 36.5 Å². The Morgan fingerprint density at radius 3 is 1.68 bits per heavy atom. The molecule has 0 heterocycles. The molecule has 0 nitrogen and oxygen atoms in total. The van der Waals surface area contributed by atoms with Crippen molar-refractivity contribution >= 4 is 37.8 Å². The van der Waals surface area contributed by atoms with Gasteiger partial charge in [0.25, 0.3) is 0 Å². The Labute approximate surface area is 264 Å². The van der Waals surface area contributed by atoms with E-state index in [2.05, 4.69) is 109 Å². The van der Waals surface area contributed by atoms with Crippen molar-refractivity contribution in [3.8, 4) is 11.1 Å². The van der Waals surface area contributed by atoms with Gasteiger partial charge in [-0.05, 0) is 5.92 Å². The fourth-order valence-corrected chi connectivity index (χ4v) is 3.85. The van der Waals surface area contributed by atoms with Gasteiger partial charge in [-0.15, -0.1) is 58.5 Å². The molecule has 0 atom stereocenters. The first-order valence-electron chi connectivity index (χ1n) is 11.7. The van der Waals surface area contributed by atoms with Gasteiger partial charge in [-0.1, -0.05) is 41.5 Å². The first kappa shape index (κ1) is 39.2. The van der Waals surface area contributed by atoms with E-state index in [-0.39, 0.29) is 28.0 Å². The molecule has 0 aromatic heterocycles. The molecule has 0 aliphatic carbocycles. The van der Waals surface area contributed by atoms with Gasteiger partial charge in [0.2, 0.25) is 0 Å². The van der Waals surface area contributed by atoms with Crippen molar-refractivity contribution in [1.82, 2.24) is 0 Å². The van der Waals surface area contributed by atoms with Crippen molar-refractivity contribution in [2.24, 2.45) is 0 Å². The minimum Gasteiger partial charge on any atom is -0.214 e. The van der Waals surface area contributed by atoms with Gasteiger partial charge in [-0.25, -0.2) is 12.1 Å². The number of fused-ring (bicyclic) bond motifs is 1. The topological polar surface area (TPSA) is 0 Å². The molecule has 206 valence electrons. The summed E-state index contributed by atoms with van der Waals surface area (Å²) in [5.41, 5.74) is 9.84.